The van der Waals surface area contributed by atoms with Crippen molar-refractivity contribution in [3.63, 3.8) is 0 Å². The molecule has 1 heterocycles. The van der Waals surface area contributed by atoms with Crippen LogP contribution < -0.4 is 0 Å². The van der Waals surface area contributed by atoms with Crippen molar-refractivity contribution in [1.29, 1.82) is 0 Å². The molecule has 1 aliphatic heterocycles. The van der Waals surface area contributed by atoms with Crippen molar-refractivity contribution in [2.45, 2.75) is 25.8 Å². The predicted molar refractivity (Wildman–Crippen MR) is 81.3 cm³/mol. The summed E-state index contributed by atoms with van der Waals surface area (Å²) in [6.45, 7) is 4.70. The van der Waals surface area contributed by atoms with E-state index in [-0.39, 0.29) is 11.9 Å². The molecule has 0 saturated carbocycles. The quantitative estimate of drug-likeness (QED) is 0.824. The zero-order chi connectivity index (χ0) is 14.7. The number of halogens is 2. The van der Waals surface area contributed by atoms with Gasteiger partial charge in [-0.2, -0.15) is 0 Å². The highest BCUT2D eigenvalue weighted by Crippen LogP contribution is 2.20. The Labute approximate surface area is 127 Å². The van der Waals surface area contributed by atoms with Crippen LogP contribution in [-0.2, 0) is 0 Å². The first-order valence-corrected chi connectivity index (χ1v) is 7.76. The standard InChI is InChI=1S/C15H20BrFN2O/c1-3-12-10-18(2)7-4-8-19(12)15(20)11-5-6-13(16)14(17)9-11/h5-6,9,12H,3-4,7-8,10H2,1-2H3. The molecule has 110 valence electrons. The van der Waals surface area contributed by atoms with E-state index in [1.54, 1.807) is 12.1 Å². The number of carbonyl (C=O) groups excluding carboxylic acids is 1. The van der Waals surface area contributed by atoms with E-state index in [9.17, 15) is 9.18 Å². The normalized spacial score (nSPS) is 20.8. The van der Waals surface area contributed by atoms with E-state index in [1.165, 1.54) is 6.07 Å². The second-order valence-corrected chi connectivity index (χ2v) is 6.16. The van der Waals surface area contributed by atoms with Gasteiger partial charge in [-0.25, -0.2) is 4.39 Å². The van der Waals surface area contributed by atoms with Gasteiger partial charge >= 0.3 is 0 Å². The zero-order valence-electron chi connectivity index (χ0n) is 11.9. The van der Waals surface area contributed by atoms with Gasteiger partial charge in [-0.3, -0.25) is 4.79 Å². The summed E-state index contributed by atoms with van der Waals surface area (Å²) in [4.78, 5) is 16.8. The molecule has 0 bridgehead atoms. The van der Waals surface area contributed by atoms with Crippen LogP contribution in [0.1, 0.15) is 30.1 Å². The van der Waals surface area contributed by atoms with Crippen LogP contribution >= 0.6 is 15.9 Å². The van der Waals surface area contributed by atoms with Gasteiger partial charge in [0.05, 0.1) is 4.47 Å². The van der Waals surface area contributed by atoms with Gasteiger partial charge in [-0.05, 0) is 60.6 Å². The first kappa shape index (κ1) is 15.4. The minimum atomic E-state index is -0.393. The summed E-state index contributed by atoms with van der Waals surface area (Å²) in [5.41, 5.74) is 0.425. The van der Waals surface area contributed by atoms with Crippen molar-refractivity contribution in [2.24, 2.45) is 0 Å². The molecule has 0 aromatic heterocycles. The lowest BCUT2D eigenvalue weighted by atomic mass is 10.1. The molecule has 3 nitrogen and oxygen atoms in total. The highest BCUT2D eigenvalue weighted by Gasteiger charge is 2.27. The highest BCUT2D eigenvalue weighted by molar-refractivity contribution is 9.10. The molecule has 0 radical (unpaired) electrons. The fourth-order valence-electron chi connectivity index (χ4n) is 2.66. The number of hydrogen-bond acceptors (Lipinski definition) is 2. The lowest BCUT2D eigenvalue weighted by Gasteiger charge is -2.30. The summed E-state index contributed by atoms with van der Waals surface area (Å²) in [5.74, 6) is -0.464. The van der Waals surface area contributed by atoms with Crippen LogP contribution in [0.25, 0.3) is 0 Å². The van der Waals surface area contributed by atoms with Crippen molar-refractivity contribution in [2.75, 3.05) is 26.7 Å². The van der Waals surface area contributed by atoms with Crippen LogP contribution in [0.5, 0.6) is 0 Å². The van der Waals surface area contributed by atoms with E-state index >= 15 is 0 Å². The average molecular weight is 343 g/mol. The molecule has 1 aromatic carbocycles. The number of rotatable bonds is 2. The summed E-state index contributed by atoms with van der Waals surface area (Å²) >= 11 is 3.11. The number of likely N-dealkylation sites (N-methyl/N-ethyl adjacent to an activating group) is 1. The van der Waals surface area contributed by atoms with Crippen LogP contribution in [0.15, 0.2) is 22.7 Å². The molecule has 0 aliphatic carbocycles. The van der Waals surface area contributed by atoms with Gasteiger partial charge in [-0.15, -0.1) is 0 Å². The van der Waals surface area contributed by atoms with Gasteiger partial charge in [0, 0.05) is 24.7 Å². The molecular weight excluding hydrogens is 323 g/mol. The van der Waals surface area contributed by atoms with Crippen LogP contribution in [0, 0.1) is 5.82 Å². The molecular formula is C15H20BrFN2O. The maximum absolute atomic E-state index is 13.6. The van der Waals surface area contributed by atoms with Gasteiger partial charge < -0.3 is 9.80 Å². The molecule has 1 atom stereocenters. The fourth-order valence-corrected chi connectivity index (χ4v) is 2.90. The Morgan fingerprint density at radius 2 is 2.20 bits per heavy atom. The molecule has 1 aromatic rings. The lowest BCUT2D eigenvalue weighted by molar-refractivity contribution is 0.0675. The largest absolute Gasteiger partial charge is 0.334 e. The highest BCUT2D eigenvalue weighted by atomic mass is 79.9. The van der Waals surface area contributed by atoms with Gasteiger partial charge in [0.25, 0.3) is 5.91 Å². The van der Waals surface area contributed by atoms with Gasteiger partial charge in [0.2, 0.25) is 0 Å². The molecule has 1 fully saturated rings. The van der Waals surface area contributed by atoms with Crippen molar-refractivity contribution >= 4 is 21.8 Å². The first-order chi connectivity index (χ1) is 9.52. The monoisotopic (exact) mass is 342 g/mol. The van der Waals surface area contributed by atoms with Crippen molar-refractivity contribution in [3.8, 4) is 0 Å². The summed E-state index contributed by atoms with van der Waals surface area (Å²) in [6.07, 6.45) is 1.87. The molecule has 5 heteroatoms. The molecule has 1 amide bonds. The maximum Gasteiger partial charge on any atom is 0.254 e. The number of nitrogens with zero attached hydrogens (tertiary/aromatic N) is 2. The van der Waals surface area contributed by atoms with Gasteiger partial charge in [0.1, 0.15) is 5.82 Å². The average Bonchev–Trinajstić information content (AvgIpc) is 2.62. The lowest BCUT2D eigenvalue weighted by Crippen LogP contribution is -2.43. The van der Waals surface area contributed by atoms with Gasteiger partial charge in [0.15, 0.2) is 0 Å². The maximum atomic E-state index is 13.6. The topological polar surface area (TPSA) is 23.6 Å². The molecule has 0 spiro atoms. The first-order valence-electron chi connectivity index (χ1n) is 6.97. The predicted octanol–water partition coefficient (Wildman–Crippen LogP) is 3.14. The van der Waals surface area contributed by atoms with E-state index in [4.69, 9.17) is 0 Å². The minimum absolute atomic E-state index is 0.0708. The Morgan fingerprint density at radius 1 is 1.45 bits per heavy atom. The molecule has 1 aliphatic rings. The summed E-state index contributed by atoms with van der Waals surface area (Å²) in [5, 5.41) is 0. The SMILES string of the molecule is CCC1CN(C)CCCN1C(=O)c1ccc(Br)c(F)c1. The number of amides is 1. The summed E-state index contributed by atoms with van der Waals surface area (Å²) < 4.78 is 14.0. The van der Waals surface area contributed by atoms with E-state index < -0.39 is 5.82 Å². The Morgan fingerprint density at radius 3 is 2.85 bits per heavy atom. The summed E-state index contributed by atoms with van der Waals surface area (Å²) in [6, 6.07) is 4.78. The van der Waals surface area contributed by atoms with Crippen molar-refractivity contribution < 1.29 is 9.18 Å². The van der Waals surface area contributed by atoms with E-state index in [2.05, 4.69) is 34.8 Å². The molecule has 2 rings (SSSR count). The second-order valence-electron chi connectivity index (χ2n) is 5.31. The molecule has 1 unspecified atom stereocenters. The van der Waals surface area contributed by atoms with E-state index in [0.717, 1.165) is 32.5 Å². The van der Waals surface area contributed by atoms with E-state index in [0.29, 0.717) is 10.0 Å². The Bertz CT molecular complexity index is 495. The van der Waals surface area contributed by atoms with Gasteiger partial charge in [-0.1, -0.05) is 6.92 Å². The van der Waals surface area contributed by atoms with E-state index in [1.807, 2.05) is 4.90 Å². The van der Waals surface area contributed by atoms with Crippen LogP contribution in [0.4, 0.5) is 4.39 Å². The molecule has 0 N–H and O–H groups in total. The number of carbonyl (C=O) groups is 1. The third-order valence-corrected chi connectivity index (χ3v) is 4.44. The van der Waals surface area contributed by atoms with Crippen molar-refractivity contribution in [1.82, 2.24) is 9.80 Å². The molecule has 1 saturated heterocycles. The Balaban J connectivity index is 2.23. The van der Waals surface area contributed by atoms with Crippen LogP contribution in [0.3, 0.4) is 0 Å². The number of benzene rings is 1. The Kier molecular flexibility index (Phi) is 5.16. The third kappa shape index (κ3) is 3.38. The Hall–Kier alpha value is -0.940. The smallest absolute Gasteiger partial charge is 0.254 e. The van der Waals surface area contributed by atoms with Crippen LogP contribution in [0.2, 0.25) is 0 Å². The van der Waals surface area contributed by atoms with Crippen LogP contribution in [-0.4, -0.2) is 48.4 Å². The third-order valence-electron chi connectivity index (χ3n) is 3.80. The second kappa shape index (κ2) is 6.68. The fraction of sp³-hybridized carbons (Fsp3) is 0.533. The minimum Gasteiger partial charge on any atom is -0.334 e. The van der Waals surface area contributed by atoms with Crippen molar-refractivity contribution in [3.05, 3.63) is 34.1 Å². The summed E-state index contributed by atoms with van der Waals surface area (Å²) in [7, 11) is 2.08. The molecule has 20 heavy (non-hydrogen) atoms. The number of hydrogen-bond donors (Lipinski definition) is 0. The zero-order valence-corrected chi connectivity index (χ0v) is 13.5.